The van der Waals surface area contributed by atoms with Crippen LogP contribution in [0, 0.1) is 0 Å². The molecule has 0 saturated carbocycles. The number of nitrogens with two attached hydrogens (primary N) is 1. The minimum atomic E-state index is -0.413. The Kier molecular flexibility index (Phi) is 9.54. The minimum Gasteiger partial charge on any atom is -0.353 e. The maximum atomic E-state index is 11.9. The molecule has 0 heterocycles. The second-order valence-corrected chi connectivity index (χ2v) is 5.97. The molecule has 4 N–H and O–H groups in total. The van der Waals surface area contributed by atoms with Crippen molar-refractivity contribution in [3.8, 4) is 0 Å². The van der Waals surface area contributed by atoms with Gasteiger partial charge in [-0.15, -0.1) is 12.4 Å². The monoisotopic (exact) mass is 381 g/mol. The number of nitrogens with one attached hydrogen (secondary N) is 2. The molecular weight excluding hydrogens is 361 g/mol. The standard InChI is InChI=1S/C15H21Cl2N3O2.ClH/c1-3-15(18,4-2)9-20-13(21)8-19-14(22)10-5-6-11(16)12(17)7-10;/h5-7H,3-4,8-9,18H2,1-2H3,(H,19,22)(H,20,21);1H. The molecule has 5 nitrogen and oxygen atoms in total. The van der Waals surface area contributed by atoms with Crippen LogP contribution in [-0.2, 0) is 4.79 Å². The number of hydrogen-bond donors (Lipinski definition) is 3. The van der Waals surface area contributed by atoms with Crippen LogP contribution in [0.5, 0.6) is 0 Å². The van der Waals surface area contributed by atoms with Gasteiger partial charge in [-0.2, -0.15) is 0 Å². The minimum absolute atomic E-state index is 0. The van der Waals surface area contributed by atoms with Crippen LogP contribution in [0.25, 0.3) is 0 Å². The first-order valence-corrected chi connectivity index (χ1v) is 7.85. The quantitative estimate of drug-likeness (QED) is 0.678. The van der Waals surface area contributed by atoms with Crippen molar-refractivity contribution >= 4 is 47.4 Å². The molecule has 0 radical (unpaired) electrons. The molecule has 1 rings (SSSR count). The van der Waals surface area contributed by atoms with Gasteiger partial charge in [0.1, 0.15) is 0 Å². The number of rotatable bonds is 7. The molecule has 0 aliphatic rings. The van der Waals surface area contributed by atoms with Crippen LogP contribution in [-0.4, -0.2) is 30.4 Å². The third kappa shape index (κ3) is 6.96. The third-order valence-electron chi connectivity index (χ3n) is 3.64. The summed E-state index contributed by atoms with van der Waals surface area (Å²) in [7, 11) is 0. The van der Waals surface area contributed by atoms with Gasteiger partial charge in [-0.25, -0.2) is 0 Å². The van der Waals surface area contributed by atoms with Crippen LogP contribution in [0.4, 0.5) is 0 Å². The molecular formula is C15H22Cl3N3O2. The van der Waals surface area contributed by atoms with Crippen molar-refractivity contribution in [2.24, 2.45) is 5.73 Å². The van der Waals surface area contributed by atoms with Gasteiger partial charge >= 0.3 is 0 Å². The van der Waals surface area contributed by atoms with Gasteiger partial charge < -0.3 is 16.4 Å². The first-order chi connectivity index (χ1) is 10.3. The van der Waals surface area contributed by atoms with Crippen molar-refractivity contribution in [3.63, 3.8) is 0 Å². The number of amides is 2. The van der Waals surface area contributed by atoms with Crippen LogP contribution in [0.15, 0.2) is 18.2 Å². The number of benzene rings is 1. The Morgan fingerprint density at radius 2 is 1.74 bits per heavy atom. The lowest BCUT2D eigenvalue weighted by Gasteiger charge is -2.26. The summed E-state index contributed by atoms with van der Waals surface area (Å²) in [6.45, 7) is 4.20. The zero-order chi connectivity index (χ0) is 16.8. The largest absolute Gasteiger partial charge is 0.353 e. The summed E-state index contributed by atoms with van der Waals surface area (Å²) in [6, 6.07) is 4.53. The Bertz CT molecular complexity index is 549. The van der Waals surface area contributed by atoms with Crippen molar-refractivity contribution in [1.82, 2.24) is 10.6 Å². The molecule has 0 bridgehead atoms. The maximum Gasteiger partial charge on any atom is 0.251 e. The van der Waals surface area contributed by atoms with Gasteiger partial charge in [0.15, 0.2) is 0 Å². The van der Waals surface area contributed by atoms with Gasteiger partial charge in [0.05, 0.1) is 16.6 Å². The molecule has 0 fully saturated rings. The van der Waals surface area contributed by atoms with E-state index in [0.29, 0.717) is 17.1 Å². The van der Waals surface area contributed by atoms with Crippen molar-refractivity contribution < 1.29 is 9.59 Å². The molecule has 2 amide bonds. The van der Waals surface area contributed by atoms with E-state index >= 15 is 0 Å². The van der Waals surface area contributed by atoms with E-state index in [-0.39, 0.29) is 29.9 Å². The normalized spacial score (nSPS) is 10.7. The summed E-state index contributed by atoms with van der Waals surface area (Å²) in [4.78, 5) is 23.7. The first-order valence-electron chi connectivity index (χ1n) is 7.10. The fraction of sp³-hybridized carbons (Fsp3) is 0.467. The zero-order valence-corrected chi connectivity index (χ0v) is 15.4. The SMILES string of the molecule is CCC(N)(CC)CNC(=O)CNC(=O)c1ccc(Cl)c(Cl)c1.Cl. The lowest BCUT2D eigenvalue weighted by atomic mass is 9.94. The topological polar surface area (TPSA) is 84.2 Å². The van der Waals surface area contributed by atoms with Crippen LogP contribution >= 0.6 is 35.6 Å². The van der Waals surface area contributed by atoms with Crippen LogP contribution in [0.3, 0.4) is 0 Å². The fourth-order valence-electron chi connectivity index (χ4n) is 1.74. The number of carbonyl (C=O) groups is 2. The van der Waals surface area contributed by atoms with Crippen LogP contribution < -0.4 is 16.4 Å². The van der Waals surface area contributed by atoms with E-state index in [9.17, 15) is 9.59 Å². The van der Waals surface area contributed by atoms with Crippen molar-refractivity contribution in [1.29, 1.82) is 0 Å². The van der Waals surface area contributed by atoms with Gasteiger partial charge in [-0.05, 0) is 31.0 Å². The highest BCUT2D eigenvalue weighted by Crippen LogP contribution is 2.22. The summed E-state index contributed by atoms with van der Waals surface area (Å²) in [5.74, 6) is -0.677. The van der Waals surface area contributed by atoms with Gasteiger partial charge in [-0.3, -0.25) is 9.59 Å². The number of carbonyl (C=O) groups excluding carboxylic acids is 2. The van der Waals surface area contributed by atoms with Gasteiger partial charge in [-0.1, -0.05) is 37.0 Å². The molecule has 0 aliphatic carbocycles. The van der Waals surface area contributed by atoms with E-state index in [2.05, 4.69) is 10.6 Å². The second kappa shape index (κ2) is 9.98. The third-order valence-corrected chi connectivity index (χ3v) is 4.38. The molecule has 1 aromatic carbocycles. The Labute approximate surface area is 152 Å². The molecule has 0 unspecified atom stereocenters. The van der Waals surface area contributed by atoms with E-state index in [1.165, 1.54) is 12.1 Å². The zero-order valence-electron chi connectivity index (χ0n) is 13.1. The predicted molar refractivity (Wildman–Crippen MR) is 96.6 cm³/mol. The van der Waals surface area contributed by atoms with E-state index in [0.717, 1.165) is 12.8 Å². The summed E-state index contributed by atoms with van der Waals surface area (Å²) in [5.41, 5.74) is 6.03. The first kappa shape index (κ1) is 22.0. The lowest BCUT2D eigenvalue weighted by Crippen LogP contribution is -2.50. The summed E-state index contributed by atoms with van der Waals surface area (Å²) in [5, 5.41) is 5.91. The van der Waals surface area contributed by atoms with Crippen LogP contribution in [0.1, 0.15) is 37.0 Å². The highest BCUT2D eigenvalue weighted by molar-refractivity contribution is 6.42. The summed E-state index contributed by atoms with van der Waals surface area (Å²) >= 11 is 11.6. The van der Waals surface area contributed by atoms with Gasteiger partial charge in [0, 0.05) is 17.6 Å². The molecule has 0 atom stereocenters. The molecule has 0 aliphatic heterocycles. The summed E-state index contributed by atoms with van der Waals surface area (Å²) in [6.07, 6.45) is 1.53. The average Bonchev–Trinajstić information content (AvgIpc) is 2.52. The molecule has 8 heteroatoms. The van der Waals surface area contributed by atoms with E-state index < -0.39 is 11.4 Å². The second-order valence-electron chi connectivity index (χ2n) is 5.16. The lowest BCUT2D eigenvalue weighted by molar-refractivity contribution is -0.120. The number of halogens is 3. The highest BCUT2D eigenvalue weighted by Gasteiger charge is 2.20. The predicted octanol–water partition coefficient (Wildman–Crippen LogP) is 2.78. The molecule has 0 spiro atoms. The highest BCUT2D eigenvalue weighted by atomic mass is 35.5. The molecule has 23 heavy (non-hydrogen) atoms. The fourth-order valence-corrected chi connectivity index (χ4v) is 2.04. The van der Waals surface area contributed by atoms with Gasteiger partial charge in [0.25, 0.3) is 5.91 Å². The maximum absolute atomic E-state index is 11.9. The molecule has 130 valence electrons. The Hall–Kier alpha value is -1.01. The van der Waals surface area contributed by atoms with E-state index in [4.69, 9.17) is 28.9 Å². The Morgan fingerprint density at radius 1 is 1.13 bits per heavy atom. The van der Waals surface area contributed by atoms with Crippen molar-refractivity contribution in [3.05, 3.63) is 33.8 Å². The van der Waals surface area contributed by atoms with Gasteiger partial charge in [0.2, 0.25) is 5.91 Å². The smallest absolute Gasteiger partial charge is 0.251 e. The molecule has 1 aromatic rings. The van der Waals surface area contributed by atoms with Crippen LogP contribution in [0.2, 0.25) is 10.0 Å². The van der Waals surface area contributed by atoms with Crippen molar-refractivity contribution in [2.75, 3.05) is 13.1 Å². The summed E-state index contributed by atoms with van der Waals surface area (Å²) < 4.78 is 0. The Morgan fingerprint density at radius 3 is 2.26 bits per heavy atom. The molecule has 0 aromatic heterocycles. The molecule has 0 saturated heterocycles. The van der Waals surface area contributed by atoms with E-state index in [1.54, 1.807) is 6.07 Å². The number of hydrogen-bond acceptors (Lipinski definition) is 3. The van der Waals surface area contributed by atoms with E-state index in [1.807, 2.05) is 13.8 Å². The van der Waals surface area contributed by atoms with Crippen molar-refractivity contribution in [2.45, 2.75) is 32.2 Å². The average molecular weight is 383 g/mol. The Balaban J connectivity index is 0.00000484.